The number of rotatable bonds is 5. The van der Waals surface area contributed by atoms with Crippen molar-refractivity contribution < 1.29 is 37.5 Å². The van der Waals surface area contributed by atoms with Crippen molar-refractivity contribution in [2.75, 3.05) is 13.2 Å². The molecule has 0 N–H and O–H groups in total. The van der Waals surface area contributed by atoms with E-state index >= 15 is 0 Å². The second-order valence-electron chi connectivity index (χ2n) is 7.31. The van der Waals surface area contributed by atoms with E-state index in [1.54, 1.807) is 0 Å². The number of nitrogens with zero attached hydrogens (tertiary/aromatic N) is 4. The molecule has 0 aromatic carbocycles. The van der Waals surface area contributed by atoms with Crippen LogP contribution < -0.4 is 0 Å². The minimum atomic E-state index is 0. The molecule has 3 rings (SSSR count). The van der Waals surface area contributed by atoms with Crippen LogP contribution in [0.4, 0.5) is 0 Å². The first-order valence-electron chi connectivity index (χ1n) is 11.2. The summed E-state index contributed by atoms with van der Waals surface area (Å²) in [5, 5.41) is 0. The van der Waals surface area contributed by atoms with Gasteiger partial charge in [-0.25, -0.2) is 0 Å². The minimum Gasteiger partial charge on any atom is -0.453 e. The molecule has 1 aliphatic heterocycles. The summed E-state index contributed by atoms with van der Waals surface area (Å²) in [6.45, 7) is 15.1. The topological polar surface area (TPSA) is 49.3 Å². The standard InChI is InChI=1S/C20H28N4O.2C2H6.Y/c1-14-11-17-7-5-6-8-19(17)24(20(14)25)13-23(4)10-9-18-12-15(2)21-16(3)22-18;2*1-2;/h9,12,14H,4-8,10-11,13H2,1-3H3;2*1-2H3;/q-2;;;. The summed E-state index contributed by atoms with van der Waals surface area (Å²) in [7, 11) is 4.13. The van der Waals surface area contributed by atoms with Gasteiger partial charge in [-0.3, -0.25) is 21.8 Å². The van der Waals surface area contributed by atoms with Gasteiger partial charge in [0, 0.05) is 44.3 Å². The molecular weight excluding hydrogens is 449 g/mol. The van der Waals surface area contributed by atoms with Crippen molar-refractivity contribution >= 4 is 5.91 Å². The van der Waals surface area contributed by atoms with Crippen LogP contribution in [0, 0.1) is 33.2 Å². The van der Waals surface area contributed by atoms with Gasteiger partial charge >= 0.3 is 0 Å². The van der Waals surface area contributed by atoms with Crippen molar-refractivity contribution in [3.8, 4) is 0 Å². The normalized spacial score (nSPS) is 17.8. The summed E-state index contributed by atoms with van der Waals surface area (Å²) in [5.74, 6) is 1.10. The first-order valence-corrected chi connectivity index (χ1v) is 11.2. The summed E-state index contributed by atoms with van der Waals surface area (Å²) in [6, 6.07) is 1.97. The van der Waals surface area contributed by atoms with Crippen LogP contribution in [0.5, 0.6) is 0 Å². The molecule has 167 valence electrons. The van der Waals surface area contributed by atoms with E-state index in [-0.39, 0.29) is 44.5 Å². The molecule has 0 spiro atoms. The zero-order valence-corrected chi connectivity index (χ0v) is 23.0. The van der Waals surface area contributed by atoms with E-state index in [2.05, 4.69) is 17.0 Å². The molecule has 0 saturated heterocycles. The molecule has 6 heteroatoms. The number of carbonyl (C=O) groups is 1. The van der Waals surface area contributed by atoms with Crippen LogP contribution in [0.3, 0.4) is 0 Å². The summed E-state index contributed by atoms with van der Waals surface area (Å²) in [4.78, 5) is 25.3. The Balaban J connectivity index is 0.00000159. The van der Waals surface area contributed by atoms with Gasteiger partial charge in [0.15, 0.2) is 0 Å². The summed E-state index contributed by atoms with van der Waals surface area (Å²) < 4.78 is 0. The second-order valence-corrected chi connectivity index (χ2v) is 7.31. The van der Waals surface area contributed by atoms with Crippen LogP contribution >= 0.6 is 0 Å². The van der Waals surface area contributed by atoms with E-state index in [4.69, 9.17) is 0 Å². The van der Waals surface area contributed by atoms with Crippen molar-refractivity contribution in [2.24, 2.45) is 5.92 Å². The van der Waals surface area contributed by atoms with E-state index in [9.17, 15) is 4.79 Å². The Bertz CT molecular complexity index is 670. The third-order valence-corrected chi connectivity index (χ3v) is 5.00. The van der Waals surface area contributed by atoms with Gasteiger partial charge in [-0.15, -0.1) is 0 Å². The maximum Gasteiger partial charge on any atom is 0.230 e. The number of hydrogen-bond donors (Lipinski definition) is 0. The van der Waals surface area contributed by atoms with Gasteiger partial charge in [0.2, 0.25) is 5.91 Å². The maximum absolute atomic E-state index is 12.7. The van der Waals surface area contributed by atoms with Crippen LogP contribution in [0.2, 0.25) is 0 Å². The van der Waals surface area contributed by atoms with Gasteiger partial charge in [0.05, 0.1) is 6.67 Å². The molecule has 2 heterocycles. The smallest absolute Gasteiger partial charge is 0.230 e. The molecule has 30 heavy (non-hydrogen) atoms. The molecule has 1 unspecified atom stereocenters. The molecule has 1 aliphatic carbocycles. The molecule has 0 saturated carbocycles. The van der Waals surface area contributed by atoms with E-state index in [1.807, 2.05) is 70.8 Å². The van der Waals surface area contributed by atoms with Crippen LogP contribution in [0.15, 0.2) is 17.3 Å². The number of hydrogen-bond acceptors (Lipinski definition) is 4. The number of carbonyl (C=O) groups excluding carboxylic acids is 1. The van der Waals surface area contributed by atoms with Gasteiger partial charge in [-0.05, 0) is 57.2 Å². The van der Waals surface area contributed by atoms with Crippen molar-refractivity contribution in [1.29, 1.82) is 0 Å². The fraction of sp³-hybridized carbons (Fsp3) is 0.625. The summed E-state index contributed by atoms with van der Waals surface area (Å²) >= 11 is 0. The van der Waals surface area contributed by atoms with Crippen molar-refractivity contribution in [3.63, 3.8) is 0 Å². The van der Waals surface area contributed by atoms with E-state index in [1.165, 1.54) is 24.1 Å². The molecule has 5 nitrogen and oxygen atoms in total. The molecule has 1 aromatic rings. The zero-order valence-electron chi connectivity index (χ0n) is 20.2. The Hall–Kier alpha value is -0.776. The Kier molecular flexibility index (Phi) is 14.7. The number of amides is 1. The number of allylic oxidation sites excluding steroid dienone is 2. The Morgan fingerprint density at radius 1 is 1.17 bits per heavy atom. The van der Waals surface area contributed by atoms with Gasteiger partial charge < -0.3 is 9.80 Å². The summed E-state index contributed by atoms with van der Waals surface area (Å²) in [6.07, 6.45) is 7.58. The molecule has 2 aliphatic rings. The predicted molar refractivity (Wildman–Crippen MR) is 121 cm³/mol. The zero-order chi connectivity index (χ0) is 22.0. The predicted octanol–water partition coefficient (Wildman–Crippen LogP) is 5.44. The molecule has 0 bridgehead atoms. The van der Waals surface area contributed by atoms with Gasteiger partial charge in [-0.2, -0.15) is 12.5 Å². The molecule has 1 aromatic heterocycles. The molecule has 1 radical (unpaired) electrons. The van der Waals surface area contributed by atoms with Crippen LogP contribution in [-0.2, 0) is 37.5 Å². The van der Waals surface area contributed by atoms with E-state index in [0.717, 1.165) is 36.5 Å². The number of aromatic nitrogens is 2. The Morgan fingerprint density at radius 3 is 2.43 bits per heavy atom. The van der Waals surface area contributed by atoms with Crippen molar-refractivity contribution in [2.45, 2.75) is 80.6 Å². The fourth-order valence-electron chi connectivity index (χ4n) is 3.84. The molecule has 1 atom stereocenters. The van der Waals surface area contributed by atoms with E-state index in [0.29, 0.717) is 13.2 Å². The molecule has 0 fully saturated rings. The van der Waals surface area contributed by atoms with Crippen molar-refractivity contribution in [3.05, 3.63) is 48.0 Å². The molecule has 1 amide bonds. The van der Waals surface area contributed by atoms with Gasteiger partial charge in [0.1, 0.15) is 5.82 Å². The fourth-order valence-corrected chi connectivity index (χ4v) is 3.84. The van der Waals surface area contributed by atoms with Crippen molar-refractivity contribution in [1.82, 2.24) is 19.8 Å². The second kappa shape index (κ2) is 15.1. The maximum atomic E-state index is 12.7. The SMILES string of the molecule is CC.CC.[CH2-]N(C[CH-]c1cc(C)nc(C)n1)CN1C(=O)C(C)CC2=C1CCCC2.[Y]. The largest absolute Gasteiger partial charge is 0.453 e. The average Bonchev–Trinajstić information content (AvgIpc) is 2.72. The van der Waals surface area contributed by atoms with Gasteiger partial charge in [-0.1, -0.05) is 46.9 Å². The van der Waals surface area contributed by atoms with E-state index < -0.39 is 0 Å². The quantitative estimate of drug-likeness (QED) is 0.517. The first-order chi connectivity index (χ1) is 13.9. The number of aryl methyl sites for hydroxylation is 2. The summed E-state index contributed by atoms with van der Waals surface area (Å²) in [5.41, 5.74) is 4.62. The average molecular weight is 490 g/mol. The Morgan fingerprint density at radius 2 is 1.80 bits per heavy atom. The third-order valence-electron chi connectivity index (χ3n) is 5.00. The monoisotopic (exact) mass is 489 g/mol. The Labute approximate surface area is 210 Å². The van der Waals surface area contributed by atoms with Crippen LogP contribution in [0.1, 0.15) is 83.9 Å². The first kappa shape index (κ1) is 29.2. The molecular formula is C24H40N4OY-2. The van der Waals surface area contributed by atoms with Gasteiger partial charge in [0.25, 0.3) is 0 Å². The third kappa shape index (κ3) is 8.40. The van der Waals surface area contributed by atoms with Crippen LogP contribution in [-0.4, -0.2) is 38.9 Å². The van der Waals surface area contributed by atoms with Crippen LogP contribution in [0.25, 0.3) is 0 Å². The minimum absolute atomic E-state index is 0.